The Hall–Kier alpha value is -0.870. The molecule has 16 heavy (non-hydrogen) atoms. The summed E-state index contributed by atoms with van der Waals surface area (Å²) in [5.74, 6) is 0.112. The first-order valence-corrected chi connectivity index (χ1v) is 5.84. The highest BCUT2D eigenvalue weighted by Crippen LogP contribution is 2.17. The maximum Gasteiger partial charge on any atom is 0.240 e. The summed E-state index contributed by atoms with van der Waals surface area (Å²) < 4.78 is 0. The normalized spacial score (nSPS) is 27.9. The van der Waals surface area contributed by atoms with E-state index in [9.17, 15) is 4.79 Å². The molecule has 0 aromatic rings. The molecule has 0 radical (unpaired) electrons. The number of likely N-dealkylation sites (N-methyl/N-ethyl adjacent to an activating group) is 1. The molecule has 1 heterocycles. The van der Waals surface area contributed by atoms with E-state index in [0.717, 1.165) is 13.0 Å². The van der Waals surface area contributed by atoms with Crippen LogP contribution < -0.4 is 0 Å². The van der Waals surface area contributed by atoms with Gasteiger partial charge in [-0.3, -0.25) is 9.69 Å². The van der Waals surface area contributed by atoms with Crippen LogP contribution in [0.2, 0.25) is 0 Å². The van der Waals surface area contributed by atoms with E-state index in [2.05, 4.69) is 13.5 Å². The Kier molecular flexibility index (Phi) is 4.96. The summed E-state index contributed by atoms with van der Waals surface area (Å²) in [5, 5.41) is 9.01. The number of nitrogens with zero attached hydrogens (tertiary/aromatic N) is 2. The summed E-state index contributed by atoms with van der Waals surface area (Å²) in [6.45, 7) is 7.29. The summed E-state index contributed by atoms with van der Waals surface area (Å²) >= 11 is 0. The van der Waals surface area contributed by atoms with Crippen molar-refractivity contribution in [2.45, 2.75) is 31.8 Å². The number of aliphatic hydroxyl groups is 1. The maximum atomic E-state index is 12.3. The van der Waals surface area contributed by atoms with E-state index in [0.29, 0.717) is 13.0 Å². The van der Waals surface area contributed by atoms with Crippen LogP contribution in [0.25, 0.3) is 0 Å². The van der Waals surface area contributed by atoms with Crippen LogP contribution in [0.3, 0.4) is 0 Å². The van der Waals surface area contributed by atoms with E-state index in [1.165, 1.54) is 0 Å². The van der Waals surface area contributed by atoms with Crippen molar-refractivity contribution in [3.05, 3.63) is 12.7 Å². The SMILES string of the molecule is C=CCN1C(=O)C(CCO)N(C)CCC1C. The summed E-state index contributed by atoms with van der Waals surface area (Å²) in [4.78, 5) is 16.2. The first kappa shape index (κ1) is 13.2. The number of hydrogen-bond donors (Lipinski definition) is 1. The van der Waals surface area contributed by atoms with Gasteiger partial charge < -0.3 is 10.0 Å². The molecule has 1 aliphatic rings. The quantitative estimate of drug-likeness (QED) is 0.709. The molecule has 4 heteroatoms. The predicted octanol–water partition coefficient (Wildman–Crippen LogP) is 0.476. The molecular weight excluding hydrogens is 204 g/mol. The average molecular weight is 226 g/mol. The van der Waals surface area contributed by atoms with Crippen molar-refractivity contribution in [3.8, 4) is 0 Å². The van der Waals surface area contributed by atoms with Crippen LogP contribution in [0.5, 0.6) is 0 Å². The van der Waals surface area contributed by atoms with Gasteiger partial charge in [0.1, 0.15) is 0 Å². The molecule has 2 atom stereocenters. The highest BCUT2D eigenvalue weighted by molar-refractivity contribution is 5.82. The molecule has 0 spiro atoms. The number of carbonyl (C=O) groups excluding carboxylic acids is 1. The van der Waals surface area contributed by atoms with Crippen molar-refractivity contribution < 1.29 is 9.90 Å². The zero-order valence-corrected chi connectivity index (χ0v) is 10.2. The second kappa shape index (κ2) is 6.01. The van der Waals surface area contributed by atoms with Gasteiger partial charge in [-0.2, -0.15) is 0 Å². The van der Waals surface area contributed by atoms with E-state index in [1.807, 2.05) is 16.8 Å². The highest BCUT2D eigenvalue weighted by Gasteiger charge is 2.32. The monoisotopic (exact) mass is 226 g/mol. The second-order valence-corrected chi connectivity index (χ2v) is 4.43. The number of aliphatic hydroxyl groups excluding tert-OH is 1. The van der Waals surface area contributed by atoms with E-state index < -0.39 is 0 Å². The number of hydrogen-bond acceptors (Lipinski definition) is 3. The lowest BCUT2D eigenvalue weighted by molar-refractivity contribution is -0.136. The van der Waals surface area contributed by atoms with Crippen molar-refractivity contribution in [2.24, 2.45) is 0 Å². The van der Waals surface area contributed by atoms with Gasteiger partial charge in [0.15, 0.2) is 0 Å². The van der Waals surface area contributed by atoms with Crippen LogP contribution in [0.15, 0.2) is 12.7 Å². The first-order valence-electron chi connectivity index (χ1n) is 5.84. The Labute approximate surface area is 97.5 Å². The summed E-state index contributed by atoms with van der Waals surface area (Å²) in [6, 6.07) is 0.0616. The average Bonchev–Trinajstić information content (AvgIpc) is 2.36. The van der Waals surface area contributed by atoms with E-state index >= 15 is 0 Å². The topological polar surface area (TPSA) is 43.8 Å². The minimum atomic E-state index is -0.185. The molecule has 2 unspecified atom stereocenters. The van der Waals surface area contributed by atoms with Gasteiger partial charge in [0, 0.05) is 25.7 Å². The van der Waals surface area contributed by atoms with Gasteiger partial charge in [-0.05, 0) is 26.8 Å². The molecule has 1 rings (SSSR count). The van der Waals surface area contributed by atoms with Gasteiger partial charge in [-0.15, -0.1) is 6.58 Å². The molecule has 1 amide bonds. The highest BCUT2D eigenvalue weighted by atomic mass is 16.3. The van der Waals surface area contributed by atoms with Crippen LogP contribution in [0.1, 0.15) is 19.8 Å². The lowest BCUT2D eigenvalue weighted by atomic mass is 10.1. The Bertz CT molecular complexity index is 255. The van der Waals surface area contributed by atoms with Crippen molar-refractivity contribution in [3.63, 3.8) is 0 Å². The van der Waals surface area contributed by atoms with Crippen LogP contribution in [0.4, 0.5) is 0 Å². The fourth-order valence-electron chi connectivity index (χ4n) is 2.17. The maximum absolute atomic E-state index is 12.3. The van der Waals surface area contributed by atoms with E-state index in [4.69, 9.17) is 5.11 Å². The van der Waals surface area contributed by atoms with Crippen molar-refractivity contribution in [1.29, 1.82) is 0 Å². The molecule has 0 aromatic heterocycles. The first-order chi connectivity index (χ1) is 7.61. The Morgan fingerprint density at radius 3 is 2.88 bits per heavy atom. The van der Waals surface area contributed by atoms with Crippen LogP contribution in [-0.2, 0) is 4.79 Å². The summed E-state index contributed by atoms with van der Waals surface area (Å²) in [6.07, 6.45) is 3.24. The van der Waals surface area contributed by atoms with Crippen LogP contribution in [-0.4, -0.2) is 59.6 Å². The molecule has 1 aliphatic heterocycles. The molecule has 1 N–H and O–H groups in total. The molecule has 92 valence electrons. The Morgan fingerprint density at radius 1 is 1.62 bits per heavy atom. The van der Waals surface area contributed by atoms with Gasteiger partial charge in [0.05, 0.1) is 6.04 Å². The van der Waals surface area contributed by atoms with Gasteiger partial charge in [0.25, 0.3) is 0 Å². The minimum absolute atomic E-state index is 0.0526. The van der Waals surface area contributed by atoms with Crippen LogP contribution in [0, 0.1) is 0 Å². The smallest absolute Gasteiger partial charge is 0.240 e. The molecule has 1 saturated heterocycles. The van der Waals surface area contributed by atoms with Gasteiger partial charge in [-0.1, -0.05) is 6.08 Å². The van der Waals surface area contributed by atoms with Gasteiger partial charge in [0.2, 0.25) is 5.91 Å². The summed E-state index contributed by atoms with van der Waals surface area (Å²) in [7, 11) is 1.95. The number of rotatable bonds is 4. The third kappa shape index (κ3) is 2.83. The molecule has 0 aliphatic carbocycles. The fourth-order valence-corrected chi connectivity index (χ4v) is 2.17. The third-order valence-electron chi connectivity index (χ3n) is 3.26. The van der Waals surface area contributed by atoms with Crippen LogP contribution >= 0.6 is 0 Å². The molecule has 4 nitrogen and oxygen atoms in total. The van der Waals surface area contributed by atoms with Gasteiger partial charge in [-0.25, -0.2) is 0 Å². The third-order valence-corrected chi connectivity index (χ3v) is 3.26. The second-order valence-electron chi connectivity index (χ2n) is 4.43. The number of carbonyl (C=O) groups is 1. The lowest BCUT2D eigenvalue weighted by Crippen LogP contribution is -2.46. The Balaban J connectivity index is 2.83. The molecule has 0 saturated carbocycles. The predicted molar refractivity (Wildman–Crippen MR) is 64.1 cm³/mol. The van der Waals surface area contributed by atoms with E-state index in [-0.39, 0.29) is 24.6 Å². The number of amides is 1. The van der Waals surface area contributed by atoms with Crippen molar-refractivity contribution in [1.82, 2.24) is 9.80 Å². The molecule has 1 fully saturated rings. The van der Waals surface area contributed by atoms with Gasteiger partial charge >= 0.3 is 0 Å². The largest absolute Gasteiger partial charge is 0.396 e. The molecule has 0 aromatic carbocycles. The van der Waals surface area contributed by atoms with Crippen molar-refractivity contribution >= 4 is 5.91 Å². The van der Waals surface area contributed by atoms with E-state index in [1.54, 1.807) is 6.08 Å². The van der Waals surface area contributed by atoms with Crippen molar-refractivity contribution in [2.75, 3.05) is 26.7 Å². The fraction of sp³-hybridized carbons (Fsp3) is 0.750. The summed E-state index contributed by atoms with van der Waals surface area (Å²) in [5.41, 5.74) is 0. The standard InChI is InChI=1S/C12H22N2O2/c1-4-7-14-10(2)5-8-13(3)11(6-9-15)12(14)16/h4,10-11,15H,1,5-9H2,2-3H3. The molecule has 0 bridgehead atoms. The lowest BCUT2D eigenvalue weighted by Gasteiger charge is -2.29. The Morgan fingerprint density at radius 2 is 2.31 bits per heavy atom. The zero-order valence-electron chi connectivity index (χ0n) is 10.2. The molecular formula is C12H22N2O2. The minimum Gasteiger partial charge on any atom is -0.396 e. The zero-order chi connectivity index (χ0) is 12.1.